The summed E-state index contributed by atoms with van der Waals surface area (Å²) < 4.78 is 7.62. The number of amides is 1. The third-order valence-corrected chi connectivity index (χ3v) is 5.73. The number of benzene rings is 1. The van der Waals surface area contributed by atoms with E-state index in [1.165, 1.54) is 4.57 Å². The van der Waals surface area contributed by atoms with Crippen LogP contribution in [0.3, 0.4) is 0 Å². The molecule has 32 heavy (non-hydrogen) atoms. The molecule has 1 aromatic carbocycles. The molecule has 1 fully saturated rings. The minimum atomic E-state index is -0.399. The second-order valence-corrected chi connectivity index (χ2v) is 8.23. The van der Waals surface area contributed by atoms with Gasteiger partial charge in [0.15, 0.2) is 0 Å². The van der Waals surface area contributed by atoms with Gasteiger partial charge in [0.1, 0.15) is 11.4 Å². The van der Waals surface area contributed by atoms with Crippen molar-refractivity contribution >= 4 is 16.9 Å². The SMILES string of the molecule is Cc1cc2cn(-c3ccc(C(=O)NCCCN)c(OCC4CCNCC4)c3)c(=O)nc2[nH]1. The fraction of sp³-hybridized carbons (Fsp3) is 0.435. The highest BCUT2D eigenvalue weighted by molar-refractivity contribution is 5.97. The van der Waals surface area contributed by atoms with E-state index in [4.69, 9.17) is 10.5 Å². The Hall–Kier alpha value is -3.17. The summed E-state index contributed by atoms with van der Waals surface area (Å²) in [4.78, 5) is 32.6. The number of fused-ring (bicyclic) bond motifs is 1. The monoisotopic (exact) mass is 438 g/mol. The van der Waals surface area contributed by atoms with Crippen LogP contribution < -0.4 is 26.8 Å². The maximum atomic E-state index is 12.8. The molecule has 4 rings (SSSR count). The normalized spacial score (nSPS) is 14.6. The fourth-order valence-corrected chi connectivity index (χ4v) is 3.94. The Morgan fingerprint density at radius 3 is 2.91 bits per heavy atom. The molecule has 0 spiro atoms. The molecule has 0 aliphatic carbocycles. The van der Waals surface area contributed by atoms with Crippen LogP contribution in [0.5, 0.6) is 5.75 Å². The number of nitrogens with zero attached hydrogens (tertiary/aromatic N) is 2. The molecule has 1 amide bonds. The molecule has 9 heteroatoms. The van der Waals surface area contributed by atoms with E-state index in [2.05, 4.69) is 20.6 Å². The van der Waals surface area contributed by atoms with E-state index in [0.717, 1.165) is 37.0 Å². The predicted octanol–water partition coefficient (Wildman–Crippen LogP) is 1.48. The Kier molecular flexibility index (Phi) is 6.87. The molecule has 5 N–H and O–H groups in total. The number of nitrogens with one attached hydrogen (secondary N) is 3. The van der Waals surface area contributed by atoms with Crippen LogP contribution in [0.4, 0.5) is 0 Å². The van der Waals surface area contributed by atoms with E-state index >= 15 is 0 Å². The summed E-state index contributed by atoms with van der Waals surface area (Å²) in [6.07, 6.45) is 4.52. The maximum absolute atomic E-state index is 12.8. The molecule has 1 saturated heterocycles. The average Bonchev–Trinajstić information content (AvgIpc) is 3.16. The number of aromatic nitrogens is 3. The Morgan fingerprint density at radius 1 is 1.31 bits per heavy atom. The molecule has 0 unspecified atom stereocenters. The first-order valence-corrected chi connectivity index (χ1v) is 11.1. The van der Waals surface area contributed by atoms with Gasteiger partial charge in [-0.05, 0) is 69.9 Å². The number of aromatic amines is 1. The lowest BCUT2D eigenvalue weighted by Crippen LogP contribution is -2.31. The highest BCUT2D eigenvalue weighted by Gasteiger charge is 2.18. The van der Waals surface area contributed by atoms with Crippen molar-refractivity contribution in [2.45, 2.75) is 26.2 Å². The number of carbonyl (C=O) groups is 1. The molecular formula is C23H30N6O3. The van der Waals surface area contributed by atoms with Gasteiger partial charge in [-0.15, -0.1) is 0 Å². The van der Waals surface area contributed by atoms with Gasteiger partial charge in [0.05, 0.1) is 17.9 Å². The zero-order valence-corrected chi connectivity index (χ0v) is 18.3. The van der Waals surface area contributed by atoms with Crippen LogP contribution in [0, 0.1) is 12.8 Å². The minimum absolute atomic E-state index is 0.215. The van der Waals surface area contributed by atoms with Crippen LogP contribution in [0.25, 0.3) is 16.7 Å². The highest BCUT2D eigenvalue weighted by Crippen LogP contribution is 2.25. The van der Waals surface area contributed by atoms with Crippen molar-refractivity contribution in [2.24, 2.45) is 11.7 Å². The summed E-state index contributed by atoms with van der Waals surface area (Å²) in [6.45, 7) is 5.39. The van der Waals surface area contributed by atoms with Crippen molar-refractivity contribution in [2.75, 3.05) is 32.8 Å². The molecule has 0 radical (unpaired) electrons. The molecule has 3 aromatic rings. The van der Waals surface area contributed by atoms with E-state index in [-0.39, 0.29) is 5.91 Å². The second-order valence-electron chi connectivity index (χ2n) is 8.23. The van der Waals surface area contributed by atoms with Gasteiger partial charge in [0.2, 0.25) is 0 Å². The summed E-state index contributed by atoms with van der Waals surface area (Å²) >= 11 is 0. The van der Waals surface area contributed by atoms with Gasteiger partial charge in [0, 0.05) is 29.9 Å². The zero-order valence-electron chi connectivity index (χ0n) is 18.3. The molecule has 0 bridgehead atoms. The number of ether oxygens (including phenoxy) is 1. The first kappa shape index (κ1) is 22.0. The Bertz CT molecular complexity index is 1150. The van der Waals surface area contributed by atoms with Crippen molar-refractivity contribution in [3.05, 3.63) is 52.2 Å². The van der Waals surface area contributed by atoms with Gasteiger partial charge in [-0.2, -0.15) is 4.98 Å². The van der Waals surface area contributed by atoms with Gasteiger partial charge in [-0.25, -0.2) is 4.79 Å². The number of aryl methyl sites for hydroxylation is 1. The lowest BCUT2D eigenvalue weighted by molar-refractivity contribution is 0.0947. The number of carbonyl (C=O) groups excluding carboxylic acids is 1. The van der Waals surface area contributed by atoms with Gasteiger partial charge in [-0.3, -0.25) is 9.36 Å². The smallest absolute Gasteiger partial charge is 0.354 e. The van der Waals surface area contributed by atoms with Gasteiger partial charge >= 0.3 is 5.69 Å². The Labute approximate surface area is 186 Å². The lowest BCUT2D eigenvalue weighted by Gasteiger charge is -2.23. The molecule has 9 nitrogen and oxygen atoms in total. The van der Waals surface area contributed by atoms with E-state index in [9.17, 15) is 9.59 Å². The molecule has 2 aromatic heterocycles. The van der Waals surface area contributed by atoms with E-state index in [1.54, 1.807) is 24.4 Å². The number of hydrogen-bond donors (Lipinski definition) is 4. The maximum Gasteiger partial charge on any atom is 0.354 e. The van der Waals surface area contributed by atoms with Crippen LogP contribution in [0.15, 0.2) is 35.3 Å². The Morgan fingerprint density at radius 2 is 2.12 bits per heavy atom. The predicted molar refractivity (Wildman–Crippen MR) is 124 cm³/mol. The zero-order chi connectivity index (χ0) is 22.5. The number of rotatable bonds is 8. The van der Waals surface area contributed by atoms with Crippen LogP contribution in [-0.4, -0.2) is 53.2 Å². The fourth-order valence-electron chi connectivity index (χ4n) is 3.94. The number of H-pyrrole nitrogens is 1. The summed E-state index contributed by atoms with van der Waals surface area (Å²) in [5.41, 5.74) is 7.66. The van der Waals surface area contributed by atoms with Crippen molar-refractivity contribution in [3.63, 3.8) is 0 Å². The van der Waals surface area contributed by atoms with Crippen LogP contribution in [0.1, 0.15) is 35.3 Å². The standard InChI is InChI=1S/C23H30N6O3/c1-15-11-17-13-29(23(31)28-21(17)27-15)18-3-4-19(22(30)26-8-2-7-24)20(12-18)32-14-16-5-9-25-10-6-16/h3-4,11-13,16,25H,2,5-10,14,24H2,1H3,(H,26,30)(H,27,28,31). The summed E-state index contributed by atoms with van der Waals surface area (Å²) in [5.74, 6) is 0.674. The minimum Gasteiger partial charge on any atom is -0.492 e. The highest BCUT2D eigenvalue weighted by atomic mass is 16.5. The van der Waals surface area contributed by atoms with Crippen molar-refractivity contribution in [1.82, 2.24) is 25.2 Å². The van der Waals surface area contributed by atoms with E-state index in [0.29, 0.717) is 54.7 Å². The number of nitrogens with two attached hydrogens (primary N) is 1. The van der Waals surface area contributed by atoms with Gasteiger partial charge < -0.3 is 26.1 Å². The quantitative estimate of drug-likeness (QED) is 0.395. The first-order valence-electron chi connectivity index (χ1n) is 11.1. The molecule has 0 atom stereocenters. The Balaban J connectivity index is 1.65. The summed E-state index contributed by atoms with van der Waals surface area (Å²) in [7, 11) is 0. The average molecular weight is 439 g/mol. The third-order valence-electron chi connectivity index (χ3n) is 5.73. The van der Waals surface area contributed by atoms with Crippen molar-refractivity contribution in [1.29, 1.82) is 0 Å². The lowest BCUT2D eigenvalue weighted by atomic mass is 9.99. The molecule has 170 valence electrons. The molecule has 1 aliphatic heterocycles. The van der Waals surface area contributed by atoms with Crippen molar-refractivity contribution < 1.29 is 9.53 Å². The second kappa shape index (κ2) is 9.97. The van der Waals surface area contributed by atoms with Crippen LogP contribution in [0.2, 0.25) is 0 Å². The summed E-state index contributed by atoms with van der Waals surface area (Å²) in [6, 6.07) is 7.12. The molecular weight excluding hydrogens is 408 g/mol. The first-order chi connectivity index (χ1) is 15.5. The largest absolute Gasteiger partial charge is 0.492 e. The molecule has 0 saturated carbocycles. The number of hydrogen-bond acceptors (Lipinski definition) is 6. The number of piperidine rings is 1. The molecule has 3 heterocycles. The topological polar surface area (TPSA) is 127 Å². The third kappa shape index (κ3) is 5.00. The van der Waals surface area contributed by atoms with E-state index in [1.807, 2.05) is 13.0 Å². The van der Waals surface area contributed by atoms with Crippen molar-refractivity contribution in [3.8, 4) is 11.4 Å². The van der Waals surface area contributed by atoms with Crippen LogP contribution >= 0.6 is 0 Å². The van der Waals surface area contributed by atoms with Gasteiger partial charge in [-0.1, -0.05) is 0 Å². The molecule has 1 aliphatic rings. The van der Waals surface area contributed by atoms with E-state index < -0.39 is 5.69 Å². The summed E-state index contributed by atoms with van der Waals surface area (Å²) in [5, 5.41) is 7.06. The van der Waals surface area contributed by atoms with Gasteiger partial charge in [0.25, 0.3) is 5.91 Å². The van der Waals surface area contributed by atoms with Crippen LogP contribution in [-0.2, 0) is 0 Å².